The summed E-state index contributed by atoms with van der Waals surface area (Å²) >= 11 is 1.49. The number of amides is 1. The molecule has 1 saturated heterocycles. The Morgan fingerprint density at radius 2 is 2.11 bits per heavy atom. The number of nitrogens with one attached hydrogen (secondary N) is 1. The van der Waals surface area contributed by atoms with Gasteiger partial charge in [-0.3, -0.25) is 9.48 Å². The number of thiophene rings is 1. The highest BCUT2D eigenvalue weighted by atomic mass is 32.2. The number of rotatable bonds is 5. The van der Waals surface area contributed by atoms with E-state index in [9.17, 15) is 17.6 Å². The third kappa shape index (κ3) is 3.85. The fourth-order valence-electron chi connectivity index (χ4n) is 3.27. The third-order valence-corrected chi connectivity index (χ3v) is 7.34. The summed E-state index contributed by atoms with van der Waals surface area (Å²) in [6, 6.07) is 11.4. The van der Waals surface area contributed by atoms with Gasteiger partial charge in [-0.05, 0) is 30.0 Å². The molecule has 1 aliphatic rings. The predicted molar refractivity (Wildman–Crippen MR) is 105 cm³/mol. The Morgan fingerprint density at radius 1 is 1.29 bits per heavy atom. The van der Waals surface area contributed by atoms with Crippen molar-refractivity contribution in [1.82, 2.24) is 15.1 Å². The maximum absolute atomic E-state index is 13.7. The molecule has 0 spiro atoms. The molecule has 4 rings (SSSR count). The van der Waals surface area contributed by atoms with E-state index in [0.717, 1.165) is 4.88 Å². The van der Waals surface area contributed by atoms with Gasteiger partial charge in [-0.15, -0.1) is 11.3 Å². The minimum absolute atomic E-state index is 0.0172. The lowest BCUT2D eigenvalue weighted by Gasteiger charge is -2.12. The molecule has 3 aromatic rings. The van der Waals surface area contributed by atoms with E-state index in [-0.39, 0.29) is 35.6 Å². The van der Waals surface area contributed by atoms with Crippen LogP contribution in [0.4, 0.5) is 4.39 Å². The summed E-state index contributed by atoms with van der Waals surface area (Å²) in [6.07, 6.45) is 0.471. The van der Waals surface area contributed by atoms with Gasteiger partial charge in [0.25, 0.3) is 5.91 Å². The van der Waals surface area contributed by atoms with Crippen molar-refractivity contribution in [3.63, 3.8) is 0 Å². The van der Waals surface area contributed by atoms with Crippen molar-refractivity contribution in [2.75, 3.05) is 11.5 Å². The molecule has 0 unspecified atom stereocenters. The van der Waals surface area contributed by atoms with Crippen molar-refractivity contribution in [2.24, 2.45) is 0 Å². The number of carbonyl (C=O) groups is 1. The van der Waals surface area contributed by atoms with Crippen LogP contribution in [0.25, 0.3) is 10.6 Å². The third-order valence-electron chi connectivity index (χ3n) is 4.69. The van der Waals surface area contributed by atoms with Crippen molar-refractivity contribution in [3.05, 3.63) is 64.9 Å². The summed E-state index contributed by atoms with van der Waals surface area (Å²) in [6.45, 7) is 0.0461. The minimum Gasteiger partial charge on any atom is -0.346 e. The lowest BCUT2D eigenvalue weighted by atomic mass is 10.2. The molecular formula is C19H18FN3O3S2. The van der Waals surface area contributed by atoms with Crippen LogP contribution in [0.1, 0.15) is 28.5 Å². The van der Waals surface area contributed by atoms with Crippen LogP contribution < -0.4 is 5.32 Å². The van der Waals surface area contributed by atoms with Gasteiger partial charge < -0.3 is 5.32 Å². The van der Waals surface area contributed by atoms with E-state index in [1.54, 1.807) is 28.9 Å². The summed E-state index contributed by atoms with van der Waals surface area (Å²) in [5, 5.41) is 8.99. The van der Waals surface area contributed by atoms with E-state index in [2.05, 4.69) is 10.4 Å². The van der Waals surface area contributed by atoms with Crippen LogP contribution in [-0.4, -0.2) is 35.6 Å². The fraction of sp³-hybridized carbons (Fsp3) is 0.263. The van der Waals surface area contributed by atoms with Crippen LogP contribution in [0.5, 0.6) is 0 Å². The SMILES string of the molecule is O=C(NCc1ccccc1F)c1cc(-c2cccs2)n([C@@H]2CCS(=O)(=O)C2)n1. The Kier molecular flexibility index (Phi) is 5.03. The first-order valence-corrected chi connectivity index (χ1v) is 11.5. The number of hydrogen-bond donors (Lipinski definition) is 1. The highest BCUT2D eigenvalue weighted by molar-refractivity contribution is 7.91. The second kappa shape index (κ2) is 7.48. The average molecular weight is 420 g/mol. The van der Waals surface area contributed by atoms with Crippen molar-refractivity contribution in [2.45, 2.75) is 19.0 Å². The Morgan fingerprint density at radius 3 is 2.79 bits per heavy atom. The minimum atomic E-state index is -3.09. The Balaban J connectivity index is 1.60. The first-order chi connectivity index (χ1) is 13.4. The summed E-state index contributed by atoms with van der Waals surface area (Å²) < 4.78 is 39.2. The first kappa shape index (κ1) is 18.8. The number of carbonyl (C=O) groups excluding carboxylic acids is 1. The Labute approximate surface area is 165 Å². The van der Waals surface area contributed by atoms with E-state index < -0.39 is 15.7 Å². The summed E-state index contributed by atoms with van der Waals surface area (Å²) in [5.41, 5.74) is 1.29. The van der Waals surface area contributed by atoms with Crippen LogP contribution in [0.2, 0.25) is 0 Å². The van der Waals surface area contributed by atoms with E-state index in [1.165, 1.54) is 17.4 Å². The van der Waals surface area contributed by atoms with Gasteiger partial charge in [-0.25, -0.2) is 12.8 Å². The van der Waals surface area contributed by atoms with Crippen molar-refractivity contribution >= 4 is 27.1 Å². The molecule has 1 fully saturated rings. The highest BCUT2D eigenvalue weighted by Crippen LogP contribution is 2.32. The van der Waals surface area contributed by atoms with Crippen molar-refractivity contribution in [1.29, 1.82) is 0 Å². The second-order valence-electron chi connectivity index (χ2n) is 6.67. The van der Waals surface area contributed by atoms with E-state index >= 15 is 0 Å². The first-order valence-electron chi connectivity index (χ1n) is 8.78. The van der Waals surface area contributed by atoms with Gasteiger partial charge in [0, 0.05) is 12.1 Å². The lowest BCUT2D eigenvalue weighted by molar-refractivity contribution is 0.0944. The molecular weight excluding hydrogens is 401 g/mol. The molecule has 0 saturated carbocycles. The topological polar surface area (TPSA) is 81.1 Å². The second-order valence-corrected chi connectivity index (χ2v) is 9.84. The quantitative estimate of drug-likeness (QED) is 0.689. The van der Waals surface area contributed by atoms with E-state index in [0.29, 0.717) is 17.7 Å². The van der Waals surface area contributed by atoms with Gasteiger partial charge in [-0.1, -0.05) is 24.3 Å². The largest absolute Gasteiger partial charge is 0.346 e. The van der Waals surface area contributed by atoms with E-state index in [4.69, 9.17) is 0 Å². The fourth-order valence-corrected chi connectivity index (χ4v) is 5.69. The number of benzene rings is 1. The van der Waals surface area contributed by atoms with Gasteiger partial charge in [0.1, 0.15) is 5.82 Å². The summed E-state index contributed by atoms with van der Waals surface area (Å²) in [4.78, 5) is 13.5. The standard InChI is InChI=1S/C19H18FN3O3S2/c20-15-5-2-1-4-13(15)11-21-19(24)16-10-17(18-6-3-8-27-18)23(22-16)14-7-9-28(25,26)12-14/h1-6,8,10,14H,7,9,11-12H2,(H,21,24)/t14-/m1/s1. The molecule has 0 radical (unpaired) electrons. The molecule has 1 amide bonds. The van der Waals surface area contributed by atoms with Crippen LogP contribution in [-0.2, 0) is 16.4 Å². The molecule has 1 atom stereocenters. The summed E-state index contributed by atoms with van der Waals surface area (Å²) in [7, 11) is -3.09. The van der Waals surface area contributed by atoms with Crippen LogP contribution >= 0.6 is 11.3 Å². The van der Waals surface area contributed by atoms with Crippen LogP contribution in [0.15, 0.2) is 47.8 Å². The molecule has 0 aliphatic carbocycles. The maximum Gasteiger partial charge on any atom is 0.272 e. The molecule has 1 N–H and O–H groups in total. The van der Waals surface area contributed by atoms with Crippen molar-refractivity contribution in [3.8, 4) is 10.6 Å². The summed E-state index contributed by atoms with van der Waals surface area (Å²) in [5.74, 6) is -0.677. The van der Waals surface area contributed by atoms with Crippen LogP contribution in [0, 0.1) is 5.82 Å². The molecule has 3 heterocycles. The Bertz CT molecular complexity index is 1110. The highest BCUT2D eigenvalue weighted by Gasteiger charge is 2.32. The van der Waals surface area contributed by atoms with Gasteiger partial charge in [0.2, 0.25) is 0 Å². The van der Waals surface area contributed by atoms with Gasteiger partial charge in [0.15, 0.2) is 15.5 Å². The number of sulfone groups is 1. The zero-order valence-corrected chi connectivity index (χ0v) is 16.5. The number of aromatic nitrogens is 2. The smallest absolute Gasteiger partial charge is 0.272 e. The van der Waals surface area contributed by atoms with Gasteiger partial charge in [0.05, 0.1) is 28.1 Å². The molecule has 6 nitrogen and oxygen atoms in total. The average Bonchev–Trinajstić information content (AvgIpc) is 3.39. The number of halogens is 1. The van der Waals surface area contributed by atoms with Crippen LogP contribution in [0.3, 0.4) is 0 Å². The molecule has 28 heavy (non-hydrogen) atoms. The lowest BCUT2D eigenvalue weighted by Crippen LogP contribution is -2.24. The Hall–Kier alpha value is -2.52. The van der Waals surface area contributed by atoms with Gasteiger partial charge >= 0.3 is 0 Å². The molecule has 0 bridgehead atoms. The maximum atomic E-state index is 13.7. The molecule has 1 aliphatic heterocycles. The predicted octanol–water partition coefficient (Wildman–Crippen LogP) is 3.04. The van der Waals surface area contributed by atoms with Crippen molar-refractivity contribution < 1.29 is 17.6 Å². The zero-order chi connectivity index (χ0) is 19.7. The molecule has 2 aromatic heterocycles. The normalized spacial score (nSPS) is 18.2. The monoisotopic (exact) mass is 419 g/mol. The zero-order valence-electron chi connectivity index (χ0n) is 14.8. The van der Waals surface area contributed by atoms with Gasteiger partial charge in [-0.2, -0.15) is 5.10 Å². The molecule has 9 heteroatoms. The number of hydrogen-bond acceptors (Lipinski definition) is 5. The van der Waals surface area contributed by atoms with E-state index in [1.807, 2.05) is 17.5 Å². The number of nitrogens with zero attached hydrogens (tertiary/aromatic N) is 2. The molecule has 1 aromatic carbocycles. The molecule has 146 valence electrons.